The second-order valence-electron chi connectivity index (χ2n) is 12.9. The number of anilines is 1. The van der Waals surface area contributed by atoms with Crippen LogP contribution in [0.25, 0.3) is 0 Å². The molecule has 2 aliphatic rings. The van der Waals surface area contributed by atoms with Gasteiger partial charge in [0.2, 0.25) is 0 Å². The summed E-state index contributed by atoms with van der Waals surface area (Å²) in [7, 11) is 0. The number of urea groups is 1. The number of hydrogen-bond donors (Lipinski definition) is 0. The molecule has 4 rings (SSSR count). The van der Waals surface area contributed by atoms with Crippen LogP contribution in [0.3, 0.4) is 0 Å². The highest BCUT2D eigenvalue weighted by Gasteiger charge is 2.59. The van der Waals surface area contributed by atoms with Crippen LogP contribution in [0.15, 0.2) is 48.5 Å². The van der Waals surface area contributed by atoms with Crippen LogP contribution in [-0.2, 0) is 16.1 Å². The number of carbonyl (C=O) groups excluding carboxylic acids is 3. The Bertz CT molecular complexity index is 1280. The van der Waals surface area contributed by atoms with Gasteiger partial charge in [0.05, 0.1) is 11.3 Å². The van der Waals surface area contributed by atoms with Crippen molar-refractivity contribution in [2.24, 2.45) is 11.3 Å². The van der Waals surface area contributed by atoms with Gasteiger partial charge < -0.3 is 14.4 Å². The molecule has 3 amide bonds. The smallest absolute Gasteiger partial charge is 0.456 e. The fraction of sp³-hybridized carbons (Fsp3) is 0.516. The normalized spacial score (nSPS) is 21.9. The fourth-order valence-electron chi connectivity index (χ4n) is 5.67. The Kier molecular flexibility index (Phi) is 7.92. The number of carbonyl (C=O) groups is 3. The molecule has 1 aliphatic heterocycles. The van der Waals surface area contributed by atoms with Crippen LogP contribution in [-0.4, -0.2) is 40.3 Å². The molecule has 10 heteroatoms. The maximum atomic E-state index is 14.0. The van der Waals surface area contributed by atoms with Crippen molar-refractivity contribution in [3.05, 3.63) is 59.7 Å². The van der Waals surface area contributed by atoms with Gasteiger partial charge in [0.15, 0.2) is 0 Å². The van der Waals surface area contributed by atoms with Crippen molar-refractivity contribution in [2.45, 2.75) is 91.3 Å². The SMILES string of the molecule is CC(C)(C)OC(=O)c1ccc(CN2C(=O)N(c3ccc(OC(F)(F)F)cc3)C(=O)C23CCC(C(C)(C)C)CC3)cc1. The molecule has 0 bridgehead atoms. The molecule has 0 radical (unpaired) electrons. The predicted octanol–water partition coefficient (Wildman–Crippen LogP) is 7.48. The van der Waals surface area contributed by atoms with E-state index in [9.17, 15) is 27.6 Å². The van der Waals surface area contributed by atoms with Crippen LogP contribution < -0.4 is 9.64 Å². The van der Waals surface area contributed by atoms with E-state index in [0.717, 1.165) is 35.4 Å². The molecular formula is C31H37F3N2O5. The number of alkyl halides is 3. The number of imide groups is 1. The summed E-state index contributed by atoms with van der Waals surface area (Å²) in [5.74, 6) is -0.913. The van der Waals surface area contributed by atoms with Gasteiger partial charge in [0, 0.05) is 6.54 Å². The van der Waals surface area contributed by atoms with Crippen molar-refractivity contribution < 1.29 is 37.0 Å². The first-order chi connectivity index (χ1) is 18.9. The van der Waals surface area contributed by atoms with E-state index in [1.807, 2.05) is 0 Å². The molecule has 1 aliphatic carbocycles. The Labute approximate surface area is 238 Å². The molecule has 0 aromatic heterocycles. The minimum Gasteiger partial charge on any atom is -0.456 e. The minimum absolute atomic E-state index is 0.0452. The number of amides is 3. The molecule has 1 spiro atoms. The second-order valence-corrected chi connectivity index (χ2v) is 12.9. The quantitative estimate of drug-likeness (QED) is 0.273. The molecule has 2 fully saturated rings. The summed E-state index contributed by atoms with van der Waals surface area (Å²) >= 11 is 0. The zero-order valence-corrected chi connectivity index (χ0v) is 24.3. The molecule has 1 saturated carbocycles. The Morgan fingerprint density at radius 1 is 0.902 bits per heavy atom. The lowest BCUT2D eigenvalue weighted by Crippen LogP contribution is -2.52. The Morgan fingerprint density at radius 2 is 1.46 bits per heavy atom. The minimum atomic E-state index is -4.85. The summed E-state index contributed by atoms with van der Waals surface area (Å²) in [6, 6.07) is 10.9. The van der Waals surface area contributed by atoms with Gasteiger partial charge in [-0.05, 0) is 99.7 Å². The topological polar surface area (TPSA) is 76.2 Å². The summed E-state index contributed by atoms with van der Waals surface area (Å²) in [6.07, 6.45) is -2.40. The van der Waals surface area contributed by atoms with Crippen LogP contribution in [0.5, 0.6) is 5.75 Å². The van der Waals surface area contributed by atoms with E-state index < -0.39 is 35.3 Å². The summed E-state index contributed by atoms with van der Waals surface area (Å²) in [6.45, 7) is 12.0. The molecule has 222 valence electrons. The Balaban J connectivity index is 1.63. The second kappa shape index (κ2) is 10.7. The van der Waals surface area contributed by atoms with Gasteiger partial charge in [0.25, 0.3) is 5.91 Å². The third-order valence-electron chi connectivity index (χ3n) is 7.84. The standard InChI is InChI=1S/C31H37F3N2O5/c1-28(2,3)22-15-17-30(18-16-22)26(38)36(23-11-13-24(14-12-23)40-31(32,33)34)27(39)35(30)19-20-7-9-21(10-8-20)25(37)41-29(4,5)6/h7-14,22H,15-19H2,1-6H3. The highest BCUT2D eigenvalue weighted by atomic mass is 19.4. The summed E-state index contributed by atoms with van der Waals surface area (Å²) in [4.78, 5) is 43.0. The van der Waals surface area contributed by atoms with Gasteiger partial charge in [-0.15, -0.1) is 13.2 Å². The van der Waals surface area contributed by atoms with Crippen LogP contribution in [0.4, 0.5) is 23.7 Å². The first-order valence-electron chi connectivity index (χ1n) is 13.7. The lowest BCUT2D eigenvalue weighted by atomic mass is 9.67. The summed E-state index contributed by atoms with van der Waals surface area (Å²) < 4.78 is 47.3. The lowest BCUT2D eigenvalue weighted by Gasteiger charge is -2.44. The molecule has 2 aromatic rings. The molecular weight excluding hydrogens is 537 g/mol. The predicted molar refractivity (Wildman–Crippen MR) is 147 cm³/mol. The number of halogens is 3. The lowest BCUT2D eigenvalue weighted by molar-refractivity contribution is -0.274. The van der Waals surface area contributed by atoms with E-state index in [0.29, 0.717) is 24.3 Å². The van der Waals surface area contributed by atoms with Crippen LogP contribution >= 0.6 is 0 Å². The molecule has 1 saturated heterocycles. The van der Waals surface area contributed by atoms with Gasteiger partial charge in [-0.25, -0.2) is 14.5 Å². The summed E-state index contributed by atoms with van der Waals surface area (Å²) in [5, 5.41) is 0. The number of nitrogens with zero attached hydrogens (tertiary/aromatic N) is 2. The molecule has 0 atom stereocenters. The van der Waals surface area contributed by atoms with Crippen molar-refractivity contribution in [3.8, 4) is 5.75 Å². The van der Waals surface area contributed by atoms with E-state index in [1.165, 1.54) is 12.1 Å². The molecule has 0 unspecified atom stereocenters. The van der Waals surface area contributed by atoms with Crippen LogP contribution in [0.2, 0.25) is 0 Å². The monoisotopic (exact) mass is 574 g/mol. The molecule has 41 heavy (non-hydrogen) atoms. The largest absolute Gasteiger partial charge is 0.573 e. The number of hydrogen-bond acceptors (Lipinski definition) is 5. The first-order valence-corrected chi connectivity index (χ1v) is 13.7. The zero-order valence-electron chi connectivity index (χ0n) is 24.3. The molecule has 7 nitrogen and oxygen atoms in total. The van der Waals surface area contributed by atoms with E-state index in [2.05, 4.69) is 25.5 Å². The maximum absolute atomic E-state index is 14.0. The van der Waals surface area contributed by atoms with Gasteiger partial charge in [-0.2, -0.15) is 0 Å². The maximum Gasteiger partial charge on any atom is 0.573 e. The Morgan fingerprint density at radius 3 is 1.95 bits per heavy atom. The van der Waals surface area contributed by atoms with E-state index >= 15 is 0 Å². The number of rotatable bonds is 5. The third kappa shape index (κ3) is 6.68. The third-order valence-corrected chi connectivity index (χ3v) is 7.84. The van der Waals surface area contributed by atoms with Crippen molar-refractivity contribution >= 4 is 23.6 Å². The fourth-order valence-corrected chi connectivity index (χ4v) is 5.67. The van der Waals surface area contributed by atoms with Crippen molar-refractivity contribution in [1.29, 1.82) is 0 Å². The van der Waals surface area contributed by atoms with Crippen LogP contribution in [0.1, 0.15) is 83.1 Å². The first kappa shape index (κ1) is 30.4. The number of esters is 1. The van der Waals surface area contributed by atoms with Crippen molar-refractivity contribution in [3.63, 3.8) is 0 Å². The van der Waals surface area contributed by atoms with Gasteiger partial charge in [-0.1, -0.05) is 32.9 Å². The van der Waals surface area contributed by atoms with Crippen molar-refractivity contribution in [2.75, 3.05) is 4.90 Å². The highest BCUT2D eigenvalue weighted by Crippen LogP contribution is 2.48. The zero-order chi connectivity index (χ0) is 30.4. The Hall–Kier alpha value is -3.56. The highest BCUT2D eigenvalue weighted by molar-refractivity contribution is 6.23. The van der Waals surface area contributed by atoms with E-state index in [1.54, 1.807) is 49.9 Å². The van der Waals surface area contributed by atoms with E-state index in [-0.39, 0.29) is 23.6 Å². The van der Waals surface area contributed by atoms with Crippen LogP contribution in [0, 0.1) is 11.3 Å². The van der Waals surface area contributed by atoms with E-state index in [4.69, 9.17) is 4.74 Å². The molecule has 1 heterocycles. The average molecular weight is 575 g/mol. The molecule has 0 N–H and O–H groups in total. The number of ether oxygens (including phenoxy) is 2. The van der Waals surface area contributed by atoms with Gasteiger partial charge in [0.1, 0.15) is 16.9 Å². The number of benzene rings is 2. The molecule has 2 aromatic carbocycles. The van der Waals surface area contributed by atoms with Gasteiger partial charge >= 0.3 is 18.4 Å². The van der Waals surface area contributed by atoms with Crippen molar-refractivity contribution in [1.82, 2.24) is 4.90 Å². The van der Waals surface area contributed by atoms with Gasteiger partial charge in [-0.3, -0.25) is 4.79 Å². The average Bonchev–Trinajstić information content (AvgIpc) is 3.04. The summed E-state index contributed by atoms with van der Waals surface area (Å²) in [5.41, 5.74) is -0.401.